The molecular weight excluding hydrogens is 262 g/mol. The van der Waals surface area contributed by atoms with E-state index < -0.39 is 0 Å². The van der Waals surface area contributed by atoms with Crippen molar-refractivity contribution in [3.63, 3.8) is 0 Å². The summed E-state index contributed by atoms with van der Waals surface area (Å²) < 4.78 is 8.18. The van der Waals surface area contributed by atoms with Gasteiger partial charge in [0.25, 0.3) is 0 Å². The number of rotatable bonds is 5. The highest BCUT2D eigenvalue weighted by Gasteiger charge is 2.44. The maximum atomic E-state index is 6.10. The van der Waals surface area contributed by atoms with Gasteiger partial charge >= 0.3 is 0 Å². The molecule has 2 aliphatic rings. The van der Waals surface area contributed by atoms with Gasteiger partial charge in [-0.25, -0.2) is 0 Å². The third-order valence-corrected chi connectivity index (χ3v) is 5.34. The van der Waals surface area contributed by atoms with E-state index in [4.69, 9.17) is 4.74 Å². The van der Waals surface area contributed by atoms with Crippen LogP contribution in [0.2, 0.25) is 0 Å². The van der Waals surface area contributed by atoms with Gasteiger partial charge in [-0.3, -0.25) is 4.68 Å². The van der Waals surface area contributed by atoms with Gasteiger partial charge in [0.15, 0.2) is 0 Å². The topological polar surface area (TPSA) is 39.1 Å². The predicted octanol–water partition coefficient (Wildman–Crippen LogP) is 2.98. The van der Waals surface area contributed by atoms with Crippen molar-refractivity contribution in [2.45, 2.75) is 64.0 Å². The van der Waals surface area contributed by atoms with E-state index in [1.807, 2.05) is 0 Å². The molecule has 2 atom stereocenters. The van der Waals surface area contributed by atoms with Crippen LogP contribution in [-0.2, 0) is 18.2 Å². The number of hydrogen-bond acceptors (Lipinski definition) is 3. The maximum absolute atomic E-state index is 6.10. The maximum Gasteiger partial charge on any atom is 0.0686 e. The van der Waals surface area contributed by atoms with Crippen molar-refractivity contribution >= 4 is 0 Å². The van der Waals surface area contributed by atoms with Crippen LogP contribution in [-0.4, -0.2) is 28.5 Å². The molecule has 1 saturated heterocycles. The van der Waals surface area contributed by atoms with Gasteiger partial charge in [0, 0.05) is 13.7 Å². The van der Waals surface area contributed by atoms with E-state index in [1.54, 1.807) is 0 Å². The summed E-state index contributed by atoms with van der Waals surface area (Å²) in [4.78, 5) is 0. The molecule has 0 bridgehead atoms. The van der Waals surface area contributed by atoms with Gasteiger partial charge in [0.1, 0.15) is 0 Å². The van der Waals surface area contributed by atoms with Crippen molar-refractivity contribution in [1.82, 2.24) is 15.1 Å². The second-order valence-electron chi connectivity index (χ2n) is 6.71. The molecule has 1 aromatic rings. The largest absolute Gasteiger partial charge is 0.375 e. The summed E-state index contributed by atoms with van der Waals surface area (Å²) in [7, 11) is 2.08. The van der Waals surface area contributed by atoms with Crippen molar-refractivity contribution < 1.29 is 4.74 Å². The molecule has 2 unspecified atom stereocenters. The van der Waals surface area contributed by atoms with Gasteiger partial charge < -0.3 is 10.1 Å². The SMILES string of the molecule is CCNC(c1cc(CC)nn1C)C1CCOC2(CCC2)C1. The molecule has 2 fully saturated rings. The number of hydrogen-bond donors (Lipinski definition) is 1. The minimum atomic E-state index is 0.211. The molecule has 0 radical (unpaired) electrons. The normalized spacial score (nSPS) is 25.8. The molecule has 4 nitrogen and oxygen atoms in total. The Morgan fingerprint density at radius 1 is 1.48 bits per heavy atom. The Labute approximate surface area is 128 Å². The zero-order valence-electron chi connectivity index (χ0n) is 13.7. The second kappa shape index (κ2) is 6.09. The molecule has 1 saturated carbocycles. The fourth-order valence-electron chi connectivity index (χ4n) is 4.01. The fourth-order valence-corrected chi connectivity index (χ4v) is 4.01. The Morgan fingerprint density at radius 3 is 2.86 bits per heavy atom. The lowest BCUT2D eigenvalue weighted by molar-refractivity contribution is -0.147. The lowest BCUT2D eigenvalue weighted by Crippen LogP contribution is -2.48. The van der Waals surface area contributed by atoms with Gasteiger partial charge in [-0.05, 0) is 57.1 Å². The monoisotopic (exact) mass is 291 g/mol. The van der Waals surface area contributed by atoms with E-state index in [-0.39, 0.29) is 5.60 Å². The van der Waals surface area contributed by atoms with E-state index in [2.05, 4.69) is 42.1 Å². The Kier molecular flexibility index (Phi) is 4.36. The van der Waals surface area contributed by atoms with E-state index in [0.29, 0.717) is 12.0 Å². The standard InChI is InChI=1S/C17H29N3O/c1-4-14-11-15(20(3)19-14)16(18-5-2)13-7-10-21-17(12-13)8-6-9-17/h11,13,16,18H,4-10,12H2,1-3H3. The number of aryl methyl sites for hydroxylation is 2. The van der Waals surface area contributed by atoms with Crippen LogP contribution in [0.3, 0.4) is 0 Å². The van der Waals surface area contributed by atoms with Crippen LogP contribution >= 0.6 is 0 Å². The average molecular weight is 291 g/mol. The number of aromatic nitrogens is 2. The summed E-state index contributed by atoms with van der Waals surface area (Å²) >= 11 is 0. The smallest absolute Gasteiger partial charge is 0.0686 e. The van der Waals surface area contributed by atoms with E-state index >= 15 is 0 Å². The Hall–Kier alpha value is -0.870. The van der Waals surface area contributed by atoms with Crippen molar-refractivity contribution in [2.24, 2.45) is 13.0 Å². The summed E-state index contributed by atoms with van der Waals surface area (Å²) in [6, 6.07) is 2.70. The number of ether oxygens (including phenoxy) is 1. The highest BCUT2D eigenvalue weighted by atomic mass is 16.5. The van der Waals surface area contributed by atoms with Crippen LogP contribution in [0, 0.1) is 5.92 Å². The van der Waals surface area contributed by atoms with Gasteiger partial charge in [-0.15, -0.1) is 0 Å². The van der Waals surface area contributed by atoms with Gasteiger partial charge in [0.05, 0.1) is 23.0 Å². The zero-order chi connectivity index (χ0) is 14.9. The van der Waals surface area contributed by atoms with Crippen molar-refractivity contribution in [3.05, 3.63) is 17.5 Å². The lowest BCUT2D eigenvalue weighted by atomic mass is 9.70. The molecule has 1 aromatic heterocycles. The highest BCUT2D eigenvalue weighted by Crippen LogP contribution is 2.47. The van der Waals surface area contributed by atoms with Crippen molar-refractivity contribution in [3.8, 4) is 0 Å². The summed E-state index contributed by atoms with van der Waals surface area (Å²) in [5.41, 5.74) is 2.75. The summed E-state index contributed by atoms with van der Waals surface area (Å²) in [6.07, 6.45) is 7.22. The molecular formula is C17H29N3O. The molecule has 1 aliphatic heterocycles. The van der Waals surface area contributed by atoms with E-state index in [0.717, 1.165) is 26.0 Å². The van der Waals surface area contributed by atoms with Crippen LogP contribution in [0.1, 0.15) is 63.4 Å². The molecule has 0 aromatic carbocycles. The van der Waals surface area contributed by atoms with Gasteiger partial charge in [0.2, 0.25) is 0 Å². The molecule has 0 amide bonds. The van der Waals surface area contributed by atoms with Crippen LogP contribution in [0.5, 0.6) is 0 Å². The molecule has 4 heteroatoms. The first-order valence-electron chi connectivity index (χ1n) is 8.57. The van der Waals surface area contributed by atoms with Gasteiger partial charge in [-0.2, -0.15) is 5.10 Å². The Bertz CT molecular complexity index is 478. The molecule has 2 heterocycles. The van der Waals surface area contributed by atoms with E-state index in [1.165, 1.54) is 37.1 Å². The average Bonchev–Trinajstić information content (AvgIpc) is 2.84. The highest BCUT2D eigenvalue weighted by molar-refractivity contribution is 5.16. The fraction of sp³-hybridized carbons (Fsp3) is 0.824. The molecule has 1 N–H and O–H groups in total. The Balaban J connectivity index is 1.81. The first-order chi connectivity index (χ1) is 10.2. The lowest BCUT2D eigenvalue weighted by Gasteiger charge is -2.48. The molecule has 3 rings (SSSR count). The van der Waals surface area contributed by atoms with Crippen molar-refractivity contribution in [2.75, 3.05) is 13.2 Å². The van der Waals surface area contributed by atoms with Crippen LogP contribution in [0.25, 0.3) is 0 Å². The molecule has 21 heavy (non-hydrogen) atoms. The van der Waals surface area contributed by atoms with Gasteiger partial charge in [-0.1, -0.05) is 13.8 Å². The summed E-state index contributed by atoms with van der Waals surface area (Å²) in [6.45, 7) is 6.29. The predicted molar refractivity (Wildman–Crippen MR) is 84.3 cm³/mol. The second-order valence-corrected chi connectivity index (χ2v) is 6.71. The van der Waals surface area contributed by atoms with Crippen LogP contribution < -0.4 is 5.32 Å². The number of nitrogens with zero attached hydrogens (tertiary/aromatic N) is 2. The summed E-state index contributed by atoms with van der Waals surface area (Å²) in [5.74, 6) is 0.666. The quantitative estimate of drug-likeness (QED) is 0.906. The third kappa shape index (κ3) is 2.88. The Morgan fingerprint density at radius 2 is 2.29 bits per heavy atom. The van der Waals surface area contributed by atoms with Crippen LogP contribution in [0.4, 0.5) is 0 Å². The molecule has 118 valence electrons. The van der Waals surface area contributed by atoms with Crippen molar-refractivity contribution in [1.29, 1.82) is 0 Å². The first-order valence-corrected chi connectivity index (χ1v) is 8.57. The first kappa shape index (κ1) is 15.0. The molecule has 1 spiro atoms. The third-order valence-electron chi connectivity index (χ3n) is 5.34. The minimum absolute atomic E-state index is 0.211. The van der Waals surface area contributed by atoms with E-state index in [9.17, 15) is 0 Å². The summed E-state index contributed by atoms with van der Waals surface area (Å²) in [5, 5.41) is 8.36. The number of nitrogens with one attached hydrogen (secondary N) is 1. The van der Waals surface area contributed by atoms with Crippen LogP contribution in [0.15, 0.2) is 6.07 Å². The zero-order valence-corrected chi connectivity index (χ0v) is 13.7. The minimum Gasteiger partial charge on any atom is -0.375 e. The molecule has 1 aliphatic carbocycles.